The number of sulfonamides is 1. The van der Waals surface area contributed by atoms with Crippen LogP contribution in [-0.4, -0.2) is 32.2 Å². The van der Waals surface area contributed by atoms with Crippen LogP contribution in [0.15, 0.2) is 129 Å². The second-order valence-electron chi connectivity index (χ2n) is 11.1. The van der Waals surface area contributed by atoms with Gasteiger partial charge in [0.2, 0.25) is 10.0 Å². The summed E-state index contributed by atoms with van der Waals surface area (Å²) in [4.78, 5) is 17.3. The summed E-state index contributed by atoms with van der Waals surface area (Å²) in [5.74, 6) is -0.398. The van der Waals surface area contributed by atoms with Gasteiger partial charge in [0.05, 0.1) is 28.9 Å². The number of hydrogen-bond acceptors (Lipinski definition) is 6. The van der Waals surface area contributed by atoms with Crippen LogP contribution >= 0.6 is 0 Å². The highest BCUT2D eigenvalue weighted by molar-refractivity contribution is 7.89. The van der Waals surface area contributed by atoms with Crippen molar-refractivity contribution in [2.45, 2.75) is 17.2 Å². The number of methoxy groups -OCH3 is 1. The quantitative estimate of drug-likeness (QED) is 0.150. The fourth-order valence-electron chi connectivity index (χ4n) is 6.17. The van der Waals surface area contributed by atoms with Crippen molar-refractivity contribution in [1.82, 2.24) is 9.71 Å². The molecular weight excluding hydrogens is 600 g/mol. The van der Waals surface area contributed by atoms with Crippen LogP contribution in [0.25, 0.3) is 32.6 Å². The molecule has 0 bridgehead atoms. The maximum absolute atomic E-state index is 13.7. The number of aromatic hydroxyl groups is 1. The van der Waals surface area contributed by atoms with Crippen LogP contribution < -0.4 is 15.1 Å². The molecule has 0 aliphatic rings. The third-order valence-corrected chi connectivity index (χ3v) is 9.83. The maximum Gasteiger partial charge on any atom is 0.344 e. The first-order valence-electron chi connectivity index (χ1n) is 14.8. The first kappa shape index (κ1) is 29.3. The van der Waals surface area contributed by atoms with Gasteiger partial charge in [-0.2, -0.15) is 0 Å². The number of nitrogens with one attached hydrogen (secondary N) is 2. The molecule has 7 aromatic rings. The average molecular weight is 631 g/mol. The zero-order valence-corrected chi connectivity index (χ0v) is 25.7. The van der Waals surface area contributed by atoms with E-state index in [-0.39, 0.29) is 28.3 Å². The topological polar surface area (TPSA) is 122 Å². The zero-order valence-electron chi connectivity index (χ0n) is 24.9. The normalized spacial score (nSPS) is 12.5. The molecule has 0 aliphatic heterocycles. The van der Waals surface area contributed by atoms with Gasteiger partial charge in [0, 0.05) is 23.1 Å². The first-order valence-corrected chi connectivity index (χ1v) is 16.3. The Hall–Kier alpha value is -5.38. The molecule has 0 amide bonds. The van der Waals surface area contributed by atoms with E-state index in [0.717, 1.165) is 27.2 Å². The fourth-order valence-corrected chi connectivity index (χ4v) is 7.23. The van der Waals surface area contributed by atoms with Crippen LogP contribution in [0.2, 0.25) is 0 Å². The predicted octanol–water partition coefficient (Wildman–Crippen LogP) is 6.84. The Kier molecular flexibility index (Phi) is 7.56. The highest BCUT2D eigenvalue weighted by Crippen LogP contribution is 2.41. The number of rotatable bonds is 9. The number of hydrogen-bond donors (Lipinski definition) is 3. The van der Waals surface area contributed by atoms with Gasteiger partial charge in [-0.3, -0.25) is 0 Å². The van der Waals surface area contributed by atoms with Gasteiger partial charge < -0.3 is 19.2 Å². The number of aromatic nitrogens is 1. The van der Waals surface area contributed by atoms with Gasteiger partial charge in [-0.05, 0) is 70.8 Å². The van der Waals surface area contributed by atoms with Crippen molar-refractivity contribution in [2.24, 2.45) is 0 Å². The number of fused-ring (bicyclic) bond motifs is 3. The van der Waals surface area contributed by atoms with E-state index in [1.807, 2.05) is 66.7 Å². The Morgan fingerprint density at radius 2 is 1.59 bits per heavy atom. The van der Waals surface area contributed by atoms with E-state index in [0.29, 0.717) is 28.8 Å². The summed E-state index contributed by atoms with van der Waals surface area (Å²) in [5.41, 5.74) is 2.60. The Labute approximate surface area is 265 Å². The van der Waals surface area contributed by atoms with E-state index < -0.39 is 21.6 Å². The number of para-hydroxylation sites is 2. The molecule has 46 heavy (non-hydrogen) atoms. The molecule has 0 spiro atoms. The second kappa shape index (κ2) is 11.8. The lowest BCUT2D eigenvalue weighted by Crippen LogP contribution is -2.26. The van der Waals surface area contributed by atoms with Crippen molar-refractivity contribution in [1.29, 1.82) is 0 Å². The number of aromatic amines is 1. The minimum atomic E-state index is -3.82. The monoisotopic (exact) mass is 630 g/mol. The molecule has 5 aromatic carbocycles. The minimum Gasteiger partial charge on any atom is -0.507 e. The van der Waals surface area contributed by atoms with Crippen LogP contribution in [0.5, 0.6) is 11.5 Å². The standard InChI is InChI=1S/C37H30N2O6S/c1-44-26-12-8-11-25(21-26)33(34-36(40)30-14-5-7-16-32(30)45-37(34)41)35-29(28-13-4-6-15-31(28)39-35)19-20-38-46(42,43)27-18-17-23-9-2-3-10-24(23)22-27/h2-18,21-22,33,38-40H,19-20H2,1H3. The highest BCUT2D eigenvalue weighted by atomic mass is 32.2. The average Bonchev–Trinajstić information content (AvgIpc) is 3.44. The molecule has 230 valence electrons. The Bertz CT molecular complexity index is 2410. The number of H-pyrrole nitrogens is 1. The lowest BCUT2D eigenvalue weighted by Gasteiger charge is -2.20. The maximum atomic E-state index is 13.7. The van der Waals surface area contributed by atoms with Crippen molar-refractivity contribution in [3.8, 4) is 11.5 Å². The summed E-state index contributed by atoms with van der Waals surface area (Å²) in [6.45, 7) is 0.0904. The lowest BCUT2D eigenvalue weighted by atomic mass is 9.85. The molecule has 1 unspecified atom stereocenters. The first-order chi connectivity index (χ1) is 22.3. The van der Waals surface area contributed by atoms with Crippen LogP contribution in [0.3, 0.4) is 0 Å². The van der Waals surface area contributed by atoms with Gasteiger partial charge in [-0.15, -0.1) is 0 Å². The zero-order chi connectivity index (χ0) is 31.8. The van der Waals surface area contributed by atoms with Crippen molar-refractivity contribution >= 4 is 42.7 Å². The molecule has 3 N–H and O–H groups in total. The van der Waals surface area contributed by atoms with E-state index in [1.165, 1.54) is 0 Å². The third kappa shape index (κ3) is 5.29. The molecule has 0 saturated carbocycles. The van der Waals surface area contributed by atoms with Crippen molar-refractivity contribution < 1.29 is 22.7 Å². The van der Waals surface area contributed by atoms with Gasteiger partial charge >= 0.3 is 5.63 Å². The molecule has 0 aliphatic carbocycles. The van der Waals surface area contributed by atoms with Crippen molar-refractivity contribution in [2.75, 3.05) is 13.7 Å². The van der Waals surface area contributed by atoms with E-state index in [2.05, 4.69) is 9.71 Å². The van der Waals surface area contributed by atoms with Crippen LogP contribution in [0, 0.1) is 0 Å². The Balaban J connectivity index is 1.34. The second-order valence-corrected chi connectivity index (χ2v) is 12.8. The largest absolute Gasteiger partial charge is 0.507 e. The highest BCUT2D eigenvalue weighted by Gasteiger charge is 2.31. The van der Waals surface area contributed by atoms with Crippen LogP contribution in [0.4, 0.5) is 0 Å². The summed E-state index contributed by atoms with van der Waals surface area (Å²) in [5, 5.41) is 14.7. The summed E-state index contributed by atoms with van der Waals surface area (Å²) in [7, 11) is -2.26. The van der Waals surface area contributed by atoms with Gasteiger partial charge in [0.25, 0.3) is 0 Å². The fraction of sp³-hybridized carbons (Fsp3) is 0.108. The molecule has 0 saturated heterocycles. The van der Waals surface area contributed by atoms with Gasteiger partial charge in [0.1, 0.15) is 17.1 Å². The molecule has 0 fully saturated rings. The van der Waals surface area contributed by atoms with Gasteiger partial charge in [-0.1, -0.05) is 72.8 Å². The van der Waals surface area contributed by atoms with E-state index in [4.69, 9.17) is 9.15 Å². The molecular formula is C37H30N2O6S. The van der Waals surface area contributed by atoms with Crippen LogP contribution in [-0.2, 0) is 16.4 Å². The summed E-state index contributed by atoms with van der Waals surface area (Å²) in [6, 6.07) is 34.5. The van der Waals surface area contributed by atoms with E-state index >= 15 is 0 Å². The summed E-state index contributed by atoms with van der Waals surface area (Å²) in [6.07, 6.45) is 0.298. The summed E-state index contributed by atoms with van der Waals surface area (Å²) >= 11 is 0. The molecule has 2 heterocycles. The van der Waals surface area contributed by atoms with Crippen molar-refractivity contribution in [3.63, 3.8) is 0 Å². The van der Waals surface area contributed by atoms with Gasteiger partial charge in [-0.25, -0.2) is 17.9 Å². The van der Waals surface area contributed by atoms with E-state index in [9.17, 15) is 18.3 Å². The molecule has 9 heteroatoms. The Morgan fingerprint density at radius 3 is 2.41 bits per heavy atom. The molecule has 1 atom stereocenters. The van der Waals surface area contributed by atoms with Gasteiger partial charge in [0.15, 0.2) is 0 Å². The molecule has 0 radical (unpaired) electrons. The summed E-state index contributed by atoms with van der Waals surface area (Å²) < 4.78 is 40.8. The Morgan fingerprint density at radius 1 is 0.848 bits per heavy atom. The number of benzene rings is 5. The molecule has 7 rings (SSSR count). The van der Waals surface area contributed by atoms with Crippen molar-refractivity contribution in [3.05, 3.63) is 148 Å². The smallest absolute Gasteiger partial charge is 0.344 e. The predicted molar refractivity (Wildman–Crippen MR) is 179 cm³/mol. The third-order valence-electron chi connectivity index (χ3n) is 8.37. The lowest BCUT2D eigenvalue weighted by molar-refractivity contribution is 0.414. The van der Waals surface area contributed by atoms with E-state index in [1.54, 1.807) is 55.6 Å². The minimum absolute atomic E-state index is 0.0662. The van der Waals surface area contributed by atoms with Crippen LogP contribution in [0.1, 0.15) is 28.3 Å². The molecule has 2 aromatic heterocycles. The molecule has 8 nitrogen and oxygen atoms in total. The SMILES string of the molecule is COc1cccc(C(c2[nH]c3ccccc3c2CCNS(=O)(=O)c2ccc3ccccc3c2)c2c(O)c3ccccc3oc2=O)c1. The number of ether oxygens (including phenoxy) is 1.